The van der Waals surface area contributed by atoms with E-state index in [1.807, 2.05) is 30.3 Å². The zero-order valence-corrected chi connectivity index (χ0v) is 13.6. The Hall–Kier alpha value is -2.67. The van der Waals surface area contributed by atoms with Crippen LogP contribution in [0, 0.1) is 0 Å². The summed E-state index contributed by atoms with van der Waals surface area (Å²) in [6.45, 7) is 0.0764. The molecule has 0 heterocycles. The second kappa shape index (κ2) is 8.83. The van der Waals surface area contributed by atoms with Gasteiger partial charge in [0.2, 0.25) is 0 Å². The molecule has 0 aliphatic rings. The molecule has 0 spiro atoms. The molecule has 24 heavy (non-hydrogen) atoms. The number of rotatable bonds is 7. The second-order valence-electron chi connectivity index (χ2n) is 5.04. The van der Waals surface area contributed by atoms with E-state index in [4.69, 9.17) is 8.92 Å². The number of carbonyl (C=O) groups is 2. The Morgan fingerprint density at radius 2 is 1.71 bits per heavy atom. The number of carbonyl (C=O) groups excluding carboxylic acids is 1. The van der Waals surface area contributed by atoms with Crippen molar-refractivity contribution in [1.82, 2.24) is 5.32 Å². The fraction of sp³-hybridized carbons (Fsp3) is 0.176. The predicted octanol–water partition coefficient (Wildman–Crippen LogP) is 2.83. The summed E-state index contributed by atoms with van der Waals surface area (Å²) in [4.78, 5) is 23.1. The lowest BCUT2D eigenvalue weighted by Gasteiger charge is -2.15. The highest BCUT2D eigenvalue weighted by Crippen LogP contribution is 2.14. The van der Waals surface area contributed by atoms with Crippen molar-refractivity contribution in [3.05, 3.63) is 65.7 Å². The van der Waals surface area contributed by atoms with Gasteiger partial charge >= 0.3 is 12.1 Å². The number of aliphatic carboxylic acids is 1. The molecule has 0 aliphatic heterocycles. The molecule has 7 heteroatoms. The summed E-state index contributed by atoms with van der Waals surface area (Å²) in [6.07, 6.45) is -0.649. The zero-order chi connectivity index (χ0) is 17.4. The van der Waals surface area contributed by atoms with Gasteiger partial charge in [0.25, 0.3) is 0 Å². The lowest BCUT2D eigenvalue weighted by atomic mass is 10.1. The quantitative estimate of drug-likeness (QED) is 0.530. The molecule has 2 rings (SSSR count). The Kier molecular flexibility index (Phi) is 6.51. The molecule has 0 aromatic heterocycles. The minimum atomic E-state index is -1.14. The van der Waals surface area contributed by atoms with E-state index < -0.39 is 18.1 Å². The van der Waals surface area contributed by atoms with Gasteiger partial charge in [-0.25, -0.2) is 9.59 Å². The fourth-order valence-electron chi connectivity index (χ4n) is 2.03. The van der Waals surface area contributed by atoms with Crippen LogP contribution in [0.25, 0.3) is 0 Å². The molecule has 1 amide bonds. The summed E-state index contributed by atoms with van der Waals surface area (Å²) in [5.74, 6) is -0.592. The zero-order valence-electron chi connectivity index (χ0n) is 12.7. The lowest BCUT2D eigenvalue weighted by Crippen LogP contribution is -2.42. The predicted molar refractivity (Wildman–Crippen MR) is 90.9 cm³/mol. The third-order valence-corrected chi connectivity index (χ3v) is 3.48. The van der Waals surface area contributed by atoms with Gasteiger partial charge in [-0.3, -0.25) is 0 Å². The van der Waals surface area contributed by atoms with Crippen LogP contribution >= 0.6 is 12.9 Å². The van der Waals surface area contributed by atoms with E-state index >= 15 is 0 Å². The van der Waals surface area contributed by atoms with Gasteiger partial charge in [-0.05, 0) is 23.3 Å². The third kappa shape index (κ3) is 5.51. The molecular weight excluding hydrogens is 330 g/mol. The minimum absolute atomic E-state index is 0.0764. The van der Waals surface area contributed by atoms with Gasteiger partial charge in [0.15, 0.2) is 0 Å². The molecule has 1 unspecified atom stereocenters. The summed E-state index contributed by atoms with van der Waals surface area (Å²) in [7, 11) is 0. The molecule has 6 nitrogen and oxygen atoms in total. The van der Waals surface area contributed by atoms with Crippen molar-refractivity contribution in [2.45, 2.75) is 19.1 Å². The molecule has 1 atom stereocenters. The van der Waals surface area contributed by atoms with Crippen molar-refractivity contribution >= 4 is 25.0 Å². The number of alkyl carbamates (subject to hydrolysis) is 1. The van der Waals surface area contributed by atoms with Crippen molar-refractivity contribution in [3.8, 4) is 5.75 Å². The summed E-state index contributed by atoms with van der Waals surface area (Å²) in [5.41, 5.74) is 1.56. The van der Waals surface area contributed by atoms with Gasteiger partial charge in [-0.15, -0.1) is 0 Å². The summed E-state index contributed by atoms with van der Waals surface area (Å²) >= 11 is 3.68. The highest BCUT2D eigenvalue weighted by molar-refractivity contribution is 7.75. The van der Waals surface area contributed by atoms with Crippen molar-refractivity contribution in [2.24, 2.45) is 0 Å². The first-order chi connectivity index (χ1) is 11.6. The molecule has 0 saturated carbocycles. The normalized spacial score (nSPS) is 11.4. The van der Waals surface area contributed by atoms with Crippen LogP contribution in [0.3, 0.4) is 0 Å². The number of thiol groups is 1. The average molecular weight is 347 g/mol. The molecule has 0 aliphatic carbocycles. The molecule has 2 aromatic rings. The van der Waals surface area contributed by atoms with Gasteiger partial charge in [0.1, 0.15) is 18.4 Å². The second-order valence-corrected chi connectivity index (χ2v) is 5.22. The number of hydrogen-bond acceptors (Lipinski definition) is 5. The minimum Gasteiger partial charge on any atom is -0.480 e. The number of carboxylic acid groups (broad SMARTS) is 1. The fourth-order valence-corrected chi connectivity index (χ4v) is 2.15. The number of benzene rings is 2. The lowest BCUT2D eigenvalue weighted by molar-refractivity contribution is -0.139. The first kappa shape index (κ1) is 17.7. The average Bonchev–Trinajstić information content (AvgIpc) is 2.61. The summed E-state index contributed by atoms with van der Waals surface area (Å²) in [6, 6.07) is 14.8. The number of carboxylic acids is 1. The molecule has 126 valence electrons. The smallest absolute Gasteiger partial charge is 0.408 e. The topological polar surface area (TPSA) is 84.9 Å². The van der Waals surface area contributed by atoms with E-state index in [2.05, 4.69) is 18.2 Å². The van der Waals surface area contributed by atoms with Gasteiger partial charge < -0.3 is 19.3 Å². The highest BCUT2D eigenvalue weighted by Gasteiger charge is 2.21. The molecule has 0 bridgehead atoms. The number of hydrogen-bond donors (Lipinski definition) is 3. The van der Waals surface area contributed by atoms with E-state index in [0.29, 0.717) is 5.75 Å². The van der Waals surface area contributed by atoms with Crippen LogP contribution in [-0.4, -0.2) is 23.2 Å². The molecular formula is C17H17NO5S. The standard InChI is InChI=1S/C17H17NO5S/c19-16(20)15(10-12-6-8-14(23-24)9-7-12)18-17(21)22-11-13-4-2-1-3-5-13/h1-9,15,24H,10-11H2,(H,18,21)(H,19,20). The largest absolute Gasteiger partial charge is 0.480 e. The summed E-state index contributed by atoms with van der Waals surface area (Å²) in [5, 5.41) is 11.6. The maximum absolute atomic E-state index is 11.8. The molecule has 0 radical (unpaired) electrons. The van der Waals surface area contributed by atoms with Crippen LogP contribution in [-0.2, 0) is 22.6 Å². The van der Waals surface area contributed by atoms with Crippen LogP contribution in [0.15, 0.2) is 54.6 Å². The van der Waals surface area contributed by atoms with Crippen molar-refractivity contribution < 1.29 is 23.6 Å². The Balaban J connectivity index is 1.90. The molecule has 0 saturated heterocycles. The Labute approximate surface area is 145 Å². The number of amides is 1. The third-order valence-electron chi connectivity index (χ3n) is 3.27. The Bertz CT molecular complexity index is 675. The highest BCUT2D eigenvalue weighted by atomic mass is 32.1. The van der Waals surface area contributed by atoms with Gasteiger partial charge in [0, 0.05) is 19.3 Å². The van der Waals surface area contributed by atoms with E-state index in [1.54, 1.807) is 24.3 Å². The maximum Gasteiger partial charge on any atom is 0.408 e. The number of ether oxygens (including phenoxy) is 1. The van der Waals surface area contributed by atoms with Crippen LogP contribution < -0.4 is 9.50 Å². The van der Waals surface area contributed by atoms with E-state index in [9.17, 15) is 14.7 Å². The van der Waals surface area contributed by atoms with E-state index in [0.717, 1.165) is 11.1 Å². The first-order valence-electron chi connectivity index (χ1n) is 7.19. The molecule has 2 aromatic carbocycles. The Morgan fingerprint density at radius 3 is 2.29 bits per heavy atom. The van der Waals surface area contributed by atoms with Crippen LogP contribution in [0.5, 0.6) is 5.75 Å². The van der Waals surface area contributed by atoms with E-state index in [-0.39, 0.29) is 13.0 Å². The maximum atomic E-state index is 11.8. The van der Waals surface area contributed by atoms with Gasteiger partial charge in [-0.1, -0.05) is 42.5 Å². The SMILES string of the molecule is O=C(NC(Cc1ccc(OS)cc1)C(=O)O)OCc1ccccc1. The van der Waals surface area contributed by atoms with Crippen molar-refractivity contribution in [1.29, 1.82) is 0 Å². The number of nitrogens with one attached hydrogen (secondary N) is 1. The summed E-state index contributed by atoms with van der Waals surface area (Å²) < 4.78 is 9.79. The van der Waals surface area contributed by atoms with Crippen LogP contribution in [0.2, 0.25) is 0 Å². The van der Waals surface area contributed by atoms with Gasteiger partial charge in [0.05, 0.1) is 0 Å². The van der Waals surface area contributed by atoms with Gasteiger partial charge in [-0.2, -0.15) is 0 Å². The van der Waals surface area contributed by atoms with Crippen LogP contribution in [0.1, 0.15) is 11.1 Å². The molecule has 2 N–H and O–H groups in total. The van der Waals surface area contributed by atoms with Crippen molar-refractivity contribution in [2.75, 3.05) is 0 Å². The molecule has 0 fully saturated rings. The monoisotopic (exact) mass is 347 g/mol. The van der Waals surface area contributed by atoms with Crippen molar-refractivity contribution in [3.63, 3.8) is 0 Å². The first-order valence-corrected chi connectivity index (χ1v) is 7.55. The Morgan fingerprint density at radius 1 is 1.04 bits per heavy atom. The van der Waals surface area contributed by atoms with E-state index in [1.165, 1.54) is 0 Å². The van der Waals surface area contributed by atoms with Crippen LogP contribution in [0.4, 0.5) is 4.79 Å².